The molecule has 0 atom stereocenters. The zero-order valence-electron chi connectivity index (χ0n) is 15.6. The molecule has 0 fully saturated rings. The van der Waals surface area contributed by atoms with Crippen LogP contribution in [0.5, 0.6) is 5.75 Å². The van der Waals surface area contributed by atoms with Crippen molar-refractivity contribution in [1.29, 1.82) is 0 Å². The number of aryl methyl sites for hydroxylation is 1. The van der Waals surface area contributed by atoms with Crippen LogP contribution in [0.1, 0.15) is 24.1 Å². The molecule has 4 heteroatoms. The van der Waals surface area contributed by atoms with Crippen molar-refractivity contribution in [1.82, 2.24) is 9.88 Å². The Labute approximate surface area is 159 Å². The van der Waals surface area contributed by atoms with Gasteiger partial charge in [-0.3, -0.25) is 4.79 Å². The number of benzene rings is 2. The average Bonchev–Trinajstić information content (AvgIpc) is 3.04. The van der Waals surface area contributed by atoms with Crippen LogP contribution in [0.4, 0.5) is 0 Å². The molecule has 0 bridgehead atoms. The summed E-state index contributed by atoms with van der Waals surface area (Å²) in [6.45, 7) is 3.96. The summed E-state index contributed by atoms with van der Waals surface area (Å²) >= 11 is 0. The number of nitrogens with zero attached hydrogens (tertiary/aromatic N) is 1. The highest BCUT2D eigenvalue weighted by molar-refractivity contribution is 5.94. The minimum atomic E-state index is 0.150. The fraction of sp³-hybridized carbons (Fsp3) is 0.261. The standard InChI is InChI=1S/C23H24N2O2/c1-17-23(20-9-5-6-10-21(20)24-17)18-11-14-25(15-12-18)22(26)13-16-27-19-7-3-2-4-8-19/h2-11,24H,12-16H2,1H3. The van der Waals surface area contributed by atoms with E-state index in [2.05, 4.69) is 42.2 Å². The smallest absolute Gasteiger partial charge is 0.226 e. The number of hydrogen-bond donors (Lipinski definition) is 1. The van der Waals surface area contributed by atoms with Crippen molar-refractivity contribution >= 4 is 22.4 Å². The number of aromatic amines is 1. The van der Waals surface area contributed by atoms with Crippen LogP contribution in [0, 0.1) is 6.92 Å². The highest BCUT2D eigenvalue weighted by Gasteiger charge is 2.20. The maximum atomic E-state index is 12.5. The Morgan fingerprint density at radius 3 is 2.67 bits per heavy atom. The van der Waals surface area contributed by atoms with Gasteiger partial charge in [0.15, 0.2) is 0 Å². The number of amides is 1. The van der Waals surface area contributed by atoms with Crippen LogP contribution in [0.3, 0.4) is 0 Å². The molecule has 1 aromatic heterocycles. The number of carbonyl (C=O) groups excluding carboxylic acids is 1. The highest BCUT2D eigenvalue weighted by Crippen LogP contribution is 2.32. The van der Waals surface area contributed by atoms with E-state index in [0.717, 1.165) is 18.7 Å². The SMILES string of the molecule is Cc1[nH]c2ccccc2c1C1=CCN(C(=O)CCOc2ccccc2)CC1. The molecule has 1 N–H and O–H groups in total. The van der Waals surface area contributed by atoms with E-state index in [1.807, 2.05) is 35.2 Å². The summed E-state index contributed by atoms with van der Waals surface area (Å²) in [6.07, 6.45) is 3.49. The summed E-state index contributed by atoms with van der Waals surface area (Å²) in [5.74, 6) is 0.956. The molecule has 4 nitrogen and oxygen atoms in total. The van der Waals surface area contributed by atoms with Crippen LogP contribution in [0.2, 0.25) is 0 Å². The van der Waals surface area contributed by atoms with E-state index in [1.54, 1.807) is 0 Å². The van der Waals surface area contributed by atoms with Gasteiger partial charge >= 0.3 is 0 Å². The van der Waals surface area contributed by atoms with Gasteiger partial charge in [0.25, 0.3) is 0 Å². The number of hydrogen-bond acceptors (Lipinski definition) is 2. The molecule has 4 rings (SSSR count). The van der Waals surface area contributed by atoms with Crippen LogP contribution in [-0.4, -0.2) is 35.5 Å². The summed E-state index contributed by atoms with van der Waals surface area (Å²) in [4.78, 5) is 17.9. The van der Waals surface area contributed by atoms with Crippen LogP contribution >= 0.6 is 0 Å². The lowest BCUT2D eigenvalue weighted by molar-refractivity contribution is -0.131. The van der Waals surface area contributed by atoms with Crippen molar-refractivity contribution in [2.24, 2.45) is 0 Å². The average molecular weight is 360 g/mol. The number of para-hydroxylation sites is 2. The molecular weight excluding hydrogens is 336 g/mol. The zero-order valence-corrected chi connectivity index (χ0v) is 15.6. The number of ether oxygens (including phenoxy) is 1. The molecular formula is C23H24N2O2. The quantitative estimate of drug-likeness (QED) is 0.725. The number of fused-ring (bicyclic) bond motifs is 1. The van der Waals surface area contributed by atoms with Gasteiger partial charge < -0.3 is 14.6 Å². The first-order valence-electron chi connectivity index (χ1n) is 9.45. The first-order chi connectivity index (χ1) is 13.2. The Balaban J connectivity index is 1.38. The monoisotopic (exact) mass is 360 g/mol. The molecule has 1 aliphatic rings. The van der Waals surface area contributed by atoms with E-state index >= 15 is 0 Å². The summed E-state index contributed by atoms with van der Waals surface area (Å²) in [7, 11) is 0. The zero-order chi connectivity index (χ0) is 18.6. The summed E-state index contributed by atoms with van der Waals surface area (Å²) in [5, 5.41) is 1.26. The normalized spacial score (nSPS) is 14.3. The first-order valence-corrected chi connectivity index (χ1v) is 9.45. The Hall–Kier alpha value is -3.01. The number of rotatable bonds is 5. The van der Waals surface area contributed by atoms with E-state index in [1.165, 1.54) is 27.7 Å². The third-order valence-electron chi connectivity index (χ3n) is 5.10. The molecule has 27 heavy (non-hydrogen) atoms. The van der Waals surface area contributed by atoms with Gasteiger partial charge in [0.1, 0.15) is 5.75 Å². The first kappa shape index (κ1) is 17.4. The molecule has 0 aliphatic carbocycles. The minimum Gasteiger partial charge on any atom is -0.493 e. The molecule has 138 valence electrons. The molecule has 0 saturated carbocycles. The Morgan fingerprint density at radius 1 is 1.11 bits per heavy atom. The summed E-state index contributed by atoms with van der Waals surface area (Å²) in [5.41, 5.74) is 4.99. The van der Waals surface area contributed by atoms with Gasteiger partial charge in [-0.25, -0.2) is 0 Å². The van der Waals surface area contributed by atoms with Gasteiger partial charge in [-0.2, -0.15) is 0 Å². The second-order valence-electron chi connectivity index (χ2n) is 6.90. The van der Waals surface area contributed by atoms with Crippen molar-refractivity contribution in [3.05, 3.63) is 71.9 Å². The molecule has 2 heterocycles. The second-order valence-corrected chi connectivity index (χ2v) is 6.90. The molecule has 0 unspecified atom stereocenters. The molecule has 1 aliphatic heterocycles. The third kappa shape index (κ3) is 3.75. The van der Waals surface area contributed by atoms with Gasteiger partial charge in [-0.05, 0) is 37.1 Å². The van der Waals surface area contributed by atoms with Gasteiger partial charge in [0.05, 0.1) is 13.0 Å². The van der Waals surface area contributed by atoms with Crippen LogP contribution in [0.25, 0.3) is 16.5 Å². The maximum absolute atomic E-state index is 12.5. The predicted molar refractivity (Wildman–Crippen MR) is 109 cm³/mol. The third-order valence-corrected chi connectivity index (χ3v) is 5.10. The van der Waals surface area contributed by atoms with Crippen molar-refractivity contribution in [3.63, 3.8) is 0 Å². The lowest BCUT2D eigenvalue weighted by atomic mass is 9.96. The van der Waals surface area contributed by atoms with Gasteiger partial charge in [-0.1, -0.05) is 42.5 Å². The Bertz CT molecular complexity index is 972. The Kier molecular flexibility index (Phi) is 4.97. The van der Waals surface area contributed by atoms with E-state index < -0.39 is 0 Å². The highest BCUT2D eigenvalue weighted by atomic mass is 16.5. The van der Waals surface area contributed by atoms with Crippen LogP contribution in [-0.2, 0) is 4.79 Å². The minimum absolute atomic E-state index is 0.150. The number of aromatic nitrogens is 1. The predicted octanol–water partition coefficient (Wildman–Crippen LogP) is 4.56. The van der Waals surface area contributed by atoms with E-state index in [0.29, 0.717) is 19.6 Å². The van der Waals surface area contributed by atoms with E-state index in [-0.39, 0.29) is 5.91 Å². The van der Waals surface area contributed by atoms with Gasteiger partial charge in [0.2, 0.25) is 5.91 Å². The summed E-state index contributed by atoms with van der Waals surface area (Å²) < 4.78 is 5.64. The largest absolute Gasteiger partial charge is 0.493 e. The molecule has 1 amide bonds. The van der Waals surface area contributed by atoms with Crippen molar-refractivity contribution < 1.29 is 9.53 Å². The van der Waals surface area contributed by atoms with Crippen LogP contribution in [0.15, 0.2) is 60.7 Å². The fourth-order valence-corrected chi connectivity index (χ4v) is 3.74. The maximum Gasteiger partial charge on any atom is 0.226 e. The second kappa shape index (κ2) is 7.70. The summed E-state index contributed by atoms with van der Waals surface area (Å²) in [6, 6.07) is 18.0. The lowest BCUT2D eigenvalue weighted by Gasteiger charge is -2.27. The molecule has 2 aromatic carbocycles. The van der Waals surface area contributed by atoms with E-state index in [9.17, 15) is 4.79 Å². The van der Waals surface area contributed by atoms with Gasteiger partial charge in [0, 0.05) is 35.2 Å². The van der Waals surface area contributed by atoms with Crippen LogP contribution < -0.4 is 4.74 Å². The van der Waals surface area contributed by atoms with Crippen molar-refractivity contribution in [2.45, 2.75) is 19.8 Å². The lowest BCUT2D eigenvalue weighted by Crippen LogP contribution is -2.35. The molecule has 0 radical (unpaired) electrons. The molecule has 0 saturated heterocycles. The number of H-pyrrole nitrogens is 1. The topological polar surface area (TPSA) is 45.3 Å². The van der Waals surface area contributed by atoms with Gasteiger partial charge in [-0.15, -0.1) is 0 Å². The van der Waals surface area contributed by atoms with E-state index in [4.69, 9.17) is 4.74 Å². The molecule has 0 spiro atoms. The van der Waals surface area contributed by atoms with Crippen molar-refractivity contribution in [3.8, 4) is 5.75 Å². The Morgan fingerprint density at radius 2 is 1.89 bits per heavy atom. The van der Waals surface area contributed by atoms with Crippen molar-refractivity contribution in [2.75, 3.05) is 19.7 Å². The molecule has 3 aromatic rings. The number of nitrogens with one attached hydrogen (secondary N) is 1. The number of carbonyl (C=O) groups is 1. The fourth-order valence-electron chi connectivity index (χ4n) is 3.74.